The molecule has 1 aromatic heterocycles. The molecule has 72 heavy (non-hydrogen) atoms. The van der Waals surface area contributed by atoms with Crippen molar-refractivity contribution in [2.45, 2.75) is 5.41 Å². The minimum absolute atomic E-state index is 0.569. The van der Waals surface area contributed by atoms with Crippen LogP contribution in [0.4, 0.5) is 34.1 Å². The lowest BCUT2D eigenvalue weighted by Crippen LogP contribution is -2.28. The molecule has 1 aliphatic rings. The zero-order chi connectivity index (χ0) is 47.6. The Morgan fingerprint density at radius 2 is 0.819 bits per heavy atom. The smallest absolute Gasteiger partial charge is 0.143 e. The summed E-state index contributed by atoms with van der Waals surface area (Å²) in [5.41, 5.74) is 17.1. The molecule has 0 fully saturated rings. The SMILES string of the molecule is c1ccc(N(c2cc(-c3cccc4oc5c6ccccc6ccc5c34)cc(N(c3ccccc3)c3cccc4ccccc34)c2)c2cccc3c2-c2ccccc2C3(c2ccccc2)c2ccccc2)cc1. The highest BCUT2D eigenvalue weighted by Crippen LogP contribution is 2.60. The Morgan fingerprint density at radius 1 is 0.319 bits per heavy atom. The number of nitrogens with zero attached hydrogens (tertiary/aromatic N) is 2. The van der Waals surface area contributed by atoms with Crippen LogP contribution >= 0.6 is 0 Å². The van der Waals surface area contributed by atoms with Crippen LogP contribution in [0.1, 0.15) is 22.3 Å². The molecule has 12 aromatic carbocycles. The molecule has 13 aromatic rings. The number of para-hydroxylation sites is 2. The minimum atomic E-state index is -0.569. The number of hydrogen-bond acceptors (Lipinski definition) is 3. The zero-order valence-corrected chi connectivity index (χ0v) is 39.4. The van der Waals surface area contributed by atoms with Gasteiger partial charge in [0.1, 0.15) is 11.2 Å². The number of anilines is 6. The molecule has 0 saturated carbocycles. The van der Waals surface area contributed by atoms with Gasteiger partial charge in [-0.2, -0.15) is 0 Å². The Labute approximate surface area is 418 Å². The van der Waals surface area contributed by atoms with E-state index < -0.39 is 5.41 Å². The van der Waals surface area contributed by atoms with E-state index in [1.54, 1.807) is 0 Å². The minimum Gasteiger partial charge on any atom is -0.455 e. The van der Waals surface area contributed by atoms with Crippen LogP contribution in [0.25, 0.3) is 65.7 Å². The van der Waals surface area contributed by atoms with Crippen LogP contribution in [0.3, 0.4) is 0 Å². The van der Waals surface area contributed by atoms with E-state index >= 15 is 0 Å². The highest BCUT2D eigenvalue weighted by Gasteiger charge is 2.47. The highest BCUT2D eigenvalue weighted by atomic mass is 16.3. The summed E-state index contributed by atoms with van der Waals surface area (Å²) in [4.78, 5) is 4.92. The molecule has 0 unspecified atom stereocenters. The van der Waals surface area contributed by atoms with Gasteiger partial charge in [0.05, 0.1) is 16.8 Å². The van der Waals surface area contributed by atoms with E-state index in [4.69, 9.17) is 4.42 Å². The molecule has 3 nitrogen and oxygen atoms in total. The molecule has 0 amide bonds. The van der Waals surface area contributed by atoms with Gasteiger partial charge in [-0.25, -0.2) is 0 Å². The number of furan rings is 1. The van der Waals surface area contributed by atoms with Crippen LogP contribution in [0, 0.1) is 0 Å². The Balaban J connectivity index is 1.09. The van der Waals surface area contributed by atoms with Gasteiger partial charge in [0.2, 0.25) is 0 Å². The summed E-state index contributed by atoms with van der Waals surface area (Å²) in [6.45, 7) is 0. The Bertz CT molecular complexity index is 4120. The lowest BCUT2D eigenvalue weighted by atomic mass is 9.68. The second kappa shape index (κ2) is 16.9. The molecule has 1 aliphatic carbocycles. The van der Waals surface area contributed by atoms with Crippen LogP contribution in [-0.4, -0.2) is 0 Å². The van der Waals surface area contributed by atoms with E-state index in [1.807, 2.05) is 0 Å². The largest absolute Gasteiger partial charge is 0.455 e. The second-order valence-electron chi connectivity index (χ2n) is 18.7. The lowest BCUT2D eigenvalue weighted by molar-refractivity contribution is 0.673. The quantitative estimate of drug-likeness (QED) is 0.144. The van der Waals surface area contributed by atoms with Crippen molar-refractivity contribution in [1.29, 1.82) is 0 Å². The van der Waals surface area contributed by atoms with Gasteiger partial charge in [-0.15, -0.1) is 0 Å². The van der Waals surface area contributed by atoms with Crippen molar-refractivity contribution in [3.63, 3.8) is 0 Å². The van der Waals surface area contributed by atoms with Crippen molar-refractivity contribution in [2.24, 2.45) is 0 Å². The van der Waals surface area contributed by atoms with Crippen LogP contribution in [0.5, 0.6) is 0 Å². The Morgan fingerprint density at radius 3 is 1.51 bits per heavy atom. The first-order valence-corrected chi connectivity index (χ1v) is 24.7. The fourth-order valence-electron chi connectivity index (χ4n) is 11.9. The summed E-state index contributed by atoms with van der Waals surface area (Å²) in [6, 6.07) is 102. The van der Waals surface area contributed by atoms with Crippen molar-refractivity contribution in [3.8, 4) is 22.3 Å². The van der Waals surface area contributed by atoms with Gasteiger partial charge in [0.15, 0.2) is 0 Å². The molecular formula is C69H46N2O. The zero-order valence-electron chi connectivity index (χ0n) is 39.4. The average molecular weight is 919 g/mol. The molecular weight excluding hydrogens is 873 g/mol. The van der Waals surface area contributed by atoms with E-state index in [0.717, 1.165) is 78.0 Å². The number of benzene rings is 12. The van der Waals surface area contributed by atoms with Crippen molar-refractivity contribution in [2.75, 3.05) is 9.80 Å². The molecule has 0 saturated heterocycles. The molecule has 0 aliphatic heterocycles. The molecule has 1 heterocycles. The van der Waals surface area contributed by atoms with Gasteiger partial charge in [0, 0.05) is 49.9 Å². The normalized spacial score (nSPS) is 12.6. The summed E-state index contributed by atoms with van der Waals surface area (Å²) in [6.07, 6.45) is 0. The monoisotopic (exact) mass is 918 g/mol. The molecule has 0 radical (unpaired) electrons. The highest BCUT2D eigenvalue weighted by molar-refractivity contribution is 6.19. The molecule has 0 spiro atoms. The summed E-state index contributed by atoms with van der Waals surface area (Å²) >= 11 is 0. The number of hydrogen-bond donors (Lipinski definition) is 0. The number of rotatable bonds is 9. The molecule has 14 rings (SSSR count). The fourth-order valence-corrected chi connectivity index (χ4v) is 11.9. The third-order valence-corrected chi connectivity index (χ3v) is 14.9. The van der Waals surface area contributed by atoms with Crippen molar-refractivity contribution < 1.29 is 4.42 Å². The van der Waals surface area contributed by atoms with Gasteiger partial charge in [-0.3, -0.25) is 0 Å². The first-order chi connectivity index (χ1) is 35.7. The van der Waals surface area contributed by atoms with Crippen LogP contribution < -0.4 is 9.80 Å². The van der Waals surface area contributed by atoms with Crippen LogP contribution in [0.2, 0.25) is 0 Å². The number of fused-ring (bicyclic) bond motifs is 9. The third-order valence-electron chi connectivity index (χ3n) is 14.9. The topological polar surface area (TPSA) is 19.6 Å². The molecule has 0 N–H and O–H groups in total. The Hall–Kier alpha value is -9.44. The molecule has 3 heteroatoms. The molecule has 338 valence electrons. The van der Waals surface area contributed by atoms with E-state index in [0.29, 0.717) is 0 Å². The molecule has 0 bridgehead atoms. The van der Waals surface area contributed by atoms with Gasteiger partial charge in [0.25, 0.3) is 0 Å². The maximum Gasteiger partial charge on any atom is 0.143 e. The summed E-state index contributed by atoms with van der Waals surface area (Å²) in [7, 11) is 0. The maximum atomic E-state index is 6.86. The predicted octanol–water partition coefficient (Wildman–Crippen LogP) is 18.9. The predicted molar refractivity (Wildman–Crippen MR) is 301 cm³/mol. The Kier molecular flexibility index (Phi) is 9.75. The van der Waals surface area contributed by atoms with Crippen molar-refractivity contribution in [3.05, 3.63) is 301 Å². The van der Waals surface area contributed by atoms with Gasteiger partial charge in [-0.05, 0) is 116 Å². The van der Waals surface area contributed by atoms with Crippen LogP contribution in [-0.2, 0) is 5.41 Å². The van der Waals surface area contributed by atoms with E-state index in [2.05, 4.69) is 289 Å². The van der Waals surface area contributed by atoms with E-state index in [9.17, 15) is 0 Å². The van der Waals surface area contributed by atoms with E-state index in [-0.39, 0.29) is 0 Å². The third kappa shape index (κ3) is 6.45. The van der Waals surface area contributed by atoms with Gasteiger partial charge in [-0.1, -0.05) is 212 Å². The first kappa shape index (κ1) is 41.5. The van der Waals surface area contributed by atoms with Gasteiger partial charge < -0.3 is 14.2 Å². The summed E-state index contributed by atoms with van der Waals surface area (Å²) in [5.74, 6) is 0. The van der Waals surface area contributed by atoms with Crippen molar-refractivity contribution in [1.82, 2.24) is 0 Å². The lowest BCUT2D eigenvalue weighted by Gasteiger charge is -2.34. The van der Waals surface area contributed by atoms with Crippen LogP contribution in [0.15, 0.2) is 283 Å². The van der Waals surface area contributed by atoms with E-state index in [1.165, 1.54) is 44.2 Å². The summed E-state index contributed by atoms with van der Waals surface area (Å²) < 4.78 is 6.86. The standard InChI is InChI=1S/C69H46N2O/c1-5-25-50(26-6-1)69(51-27-7-2-8-28-51)61-37-18-17-35-59(61)67-62(69)38-21-40-64(67)71(53-31-11-4-12-32-53)55-45-49(57-36-20-41-65-66(57)60-43-42-48-23-14-16-34-58(48)68(60)72-65)44-54(46-55)70(52-29-9-3-10-30-52)63-39-19-24-47-22-13-15-33-56(47)63/h1-46H. The van der Waals surface area contributed by atoms with Gasteiger partial charge >= 0.3 is 0 Å². The first-order valence-electron chi connectivity index (χ1n) is 24.7. The fraction of sp³-hybridized carbons (Fsp3) is 0.0145. The maximum absolute atomic E-state index is 6.86. The van der Waals surface area contributed by atoms with Crippen molar-refractivity contribution >= 4 is 77.6 Å². The summed E-state index contributed by atoms with van der Waals surface area (Å²) in [5, 5.41) is 6.79. The average Bonchev–Trinajstić information content (AvgIpc) is 4.00. The molecule has 0 atom stereocenters. The second-order valence-corrected chi connectivity index (χ2v) is 18.7.